The topological polar surface area (TPSA) is 76.2 Å². The van der Waals surface area contributed by atoms with Crippen LogP contribution in [0.3, 0.4) is 0 Å². The van der Waals surface area contributed by atoms with Crippen LogP contribution in [0.4, 0.5) is 5.69 Å². The number of aromatic amines is 1. The molecule has 1 aliphatic heterocycles. The standard InChI is InChI=1S/C19H17N3O3/c23-19(13-5-2-6-16-17(13)25-10-24-16)20-12-7-8-14-15(9-12)22-18(21-14)11-3-1-4-11/h2,5-9,11H,1,3-4,10H2,(H,20,23)(H,21,22). The van der Waals surface area contributed by atoms with E-state index >= 15 is 0 Å². The molecule has 1 saturated carbocycles. The summed E-state index contributed by atoms with van der Waals surface area (Å²) >= 11 is 0. The van der Waals surface area contributed by atoms with Gasteiger partial charge in [0.1, 0.15) is 5.82 Å². The Balaban J connectivity index is 1.42. The first-order valence-electron chi connectivity index (χ1n) is 8.47. The summed E-state index contributed by atoms with van der Waals surface area (Å²) < 4.78 is 10.7. The molecule has 6 nitrogen and oxygen atoms in total. The van der Waals surface area contributed by atoms with Crippen LogP contribution in [-0.2, 0) is 0 Å². The predicted octanol–water partition coefficient (Wildman–Crippen LogP) is 3.81. The van der Waals surface area contributed by atoms with Gasteiger partial charge in [-0.3, -0.25) is 4.79 Å². The minimum absolute atomic E-state index is 0.143. The molecule has 1 amide bonds. The molecule has 0 bridgehead atoms. The number of rotatable bonds is 3. The Kier molecular flexibility index (Phi) is 3.16. The van der Waals surface area contributed by atoms with E-state index in [1.807, 2.05) is 18.2 Å². The molecular formula is C19H17N3O3. The van der Waals surface area contributed by atoms with Crippen molar-refractivity contribution in [3.8, 4) is 11.5 Å². The number of benzene rings is 2. The minimum atomic E-state index is -0.222. The molecule has 2 aromatic carbocycles. The molecule has 0 radical (unpaired) electrons. The van der Waals surface area contributed by atoms with E-state index in [1.54, 1.807) is 18.2 Å². The highest BCUT2D eigenvalue weighted by molar-refractivity contribution is 6.07. The third kappa shape index (κ3) is 2.41. The summed E-state index contributed by atoms with van der Waals surface area (Å²) in [5.41, 5.74) is 3.06. The average molecular weight is 335 g/mol. The number of aromatic nitrogens is 2. The van der Waals surface area contributed by atoms with Crippen LogP contribution in [0.1, 0.15) is 41.4 Å². The van der Waals surface area contributed by atoms with Gasteiger partial charge in [-0.1, -0.05) is 12.5 Å². The Morgan fingerprint density at radius 3 is 2.96 bits per heavy atom. The molecule has 25 heavy (non-hydrogen) atoms. The maximum Gasteiger partial charge on any atom is 0.259 e. The molecule has 126 valence electrons. The maximum atomic E-state index is 12.6. The van der Waals surface area contributed by atoms with Gasteiger partial charge in [0.25, 0.3) is 5.91 Å². The van der Waals surface area contributed by atoms with E-state index in [0.29, 0.717) is 23.0 Å². The summed E-state index contributed by atoms with van der Waals surface area (Å²) in [7, 11) is 0. The molecular weight excluding hydrogens is 318 g/mol. The van der Waals surface area contributed by atoms with Crippen LogP contribution in [0.15, 0.2) is 36.4 Å². The lowest BCUT2D eigenvalue weighted by molar-refractivity contribution is 0.102. The highest BCUT2D eigenvalue weighted by Crippen LogP contribution is 2.37. The SMILES string of the molecule is O=C(Nc1ccc2nc(C3CCC3)[nH]c2c1)c1cccc2c1OCO2. The first-order chi connectivity index (χ1) is 12.3. The monoisotopic (exact) mass is 335 g/mol. The molecule has 5 rings (SSSR count). The smallest absolute Gasteiger partial charge is 0.259 e. The number of nitrogens with zero attached hydrogens (tertiary/aromatic N) is 1. The zero-order chi connectivity index (χ0) is 16.8. The number of nitrogens with one attached hydrogen (secondary N) is 2. The number of carbonyl (C=O) groups is 1. The molecule has 1 aliphatic carbocycles. The number of ether oxygens (including phenoxy) is 2. The van der Waals surface area contributed by atoms with Gasteiger partial charge in [0.2, 0.25) is 6.79 Å². The molecule has 2 N–H and O–H groups in total. The van der Waals surface area contributed by atoms with E-state index < -0.39 is 0 Å². The Bertz CT molecular complexity index is 975. The van der Waals surface area contributed by atoms with E-state index in [2.05, 4.69) is 15.3 Å². The number of fused-ring (bicyclic) bond motifs is 2. The lowest BCUT2D eigenvalue weighted by Gasteiger charge is -2.22. The van der Waals surface area contributed by atoms with Crippen LogP contribution >= 0.6 is 0 Å². The number of H-pyrrole nitrogens is 1. The molecule has 0 atom stereocenters. The second-order valence-electron chi connectivity index (χ2n) is 6.48. The molecule has 6 heteroatoms. The molecule has 3 aromatic rings. The third-order valence-electron chi connectivity index (χ3n) is 4.89. The highest BCUT2D eigenvalue weighted by atomic mass is 16.7. The largest absolute Gasteiger partial charge is 0.454 e. The van der Waals surface area contributed by atoms with Crippen LogP contribution in [0.25, 0.3) is 11.0 Å². The molecule has 0 unspecified atom stereocenters. The van der Waals surface area contributed by atoms with Crippen LogP contribution in [-0.4, -0.2) is 22.7 Å². The van der Waals surface area contributed by atoms with Crippen LogP contribution in [0.5, 0.6) is 11.5 Å². The number of hydrogen-bond acceptors (Lipinski definition) is 4. The summed E-state index contributed by atoms with van der Waals surface area (Å²) in [5.74, 6) is 2.47. The number of amides is 1. The fourth-order valence-electron chi connectivity index (χ4n) is 3.29. The van der Waals surface area contributed by atoms with E-state index in [0.717, 1.165) is 22.5 Å². The van der Waals surface area contributed by atoms with Crippen LogP contribution in [0.2, 0.25) is 0 Å². The number of anilines is 1. The normalized spacial score (nSPS) is 16.0. The lowest BCUT2D eigenvalue weighted by Crippen LogP contribution is -2.12. The maximum absolute atomic E-state index is 12.6. The van der Waals surface area contributed by atoms with Gasteiger partial charge in [-0.15, -0.1) is 0 Å². The average Bonchev–Trinajstić information content (AvgIpc) is 3.18. The number of imidazole rings is 1. The Morgan fingerprint density at radius 1 is 1.20 bits per heavy atom. The van der Waals surface area contributed by atoms with Crippen molar-refractivity contribution in [2.75, 3.05) is 12.1 Å². The van der Waals surface area contributed by atoms with E-state index in [1.165, 1.54) is 19.3 Å². The number of hydrogen-bond donors (Lipinski definition) is 2. The van der Waals surface area contributed by atoms with Gasteiger partial charge in [-0.05, 0) is 43.2 Å². The summed E-state index contributed by atoms with van der Waals surface area (Å²) in [6.07, 6.45) is 3.67. The molecule has 1 fully saturated rings. The predicted molar refractivity (Wildman–Crippen MR) is 93.2 cm³/mol. The quantitative estimate of drug-likeness (QED) is 0.763. The first kappa shape index (κ1) is 14.3. The second-order valence-corrected chi connectivity index (χ2v) is 6.48. The van der Waals surface area contributed by atoms with Crippen molar-refractivity contribution in [2.24, 2.45) is 0 Å². The summed E-state index contributed by atoms with van der Waals surface area (Å²) in [5, 5.41) is 2.92. The highest BCUT2D eigenvalue weighted by Gasteiger charge is 2.23. The molecule has 0 spiro atoms. The summed E-state index contributed by atoms with van der Waals surface area (Å²) in [6, 6.07) is 11.0. The van der Waals surface area contributed by atoms with Crippen molar-refractivity contribution >= 4 is 22.6 Å². The lowest BCUT2D eigenvalue weighted by atomic mass is 9.85. The Morgan fingerprint density at radius 2 is 2.12 bits per heavy atom. The van der Waals surface area contributed by atoms with Crippen LogP contribution in [0, 0.1) is 0 Å². The van der Waals surface area contributed by atoms with E-state index in [9.17, 15) is 4.79 Å². The zero-order valence-corrected chi connectivity index (χ0v) is 13.5. The van der Waals surface area contributed by atoms with Gasteiger partial charge < -0.3 is 19.8 Å². The van der Waals surface area contributed by atoms with Crippen molar-refractivity contribution in [1.29, 1.82) is 0 Å². The Hall–Kier alpha value is -3.02. The van der Waals surface area contributed by atoms with Crippen molar-refractivity contribution in [3.63, 3.8) is 0 Å². The van der Waals surface area contributed by atoms with Crippen molar-refractivity contribution in [2.45, 2.75) is 25.2 Å². The minimum Gasteiger partial charge on any atom is -0.454 e. The Labute approximate surface area is 144 Å². The van der Waals surface area contributed by atoms with E-state index in [-0.39, 0.29) is 12.7 Å². The fraction of sp³-hybridized carbons (Fsp3) is 0.263. The summed E-state index contributed by atoms with van der Waals surface area (Å²) in [4.78, 5) is 20.6. The fourth-order valence-corrected chi connectivity index (χ4v) is 3.29. The van der Waals surface area contributed by atoms with Gasteiger partial charge in [-0.2, -0.15) is 0 Å². The van der Waals surface area contributed by atoms with Gasteiger partial charge in [-0.25, -0.2) is 4.98 Å². The van der Waals surface area contributed by atoms with Crippen molar-refractivity contribution in [3.05, 3.63) is 47.8 Å². The molecule has 2 aliphatic rings. The zero-order valence-electron chi connectivity index (χ0n) is 13.5. The molecule has 2 heterocycles. The molecule has 0 saturated heterocycles. The van der Waals surface area contributed by atoms with Crippen molar-refractivity contribution in [1.82, 2.24) is 9.97 Å². The summed E-state index contributed by atoms with van der Waals surface area (Å²) in [6.45, 7) is 0.143. The van der Waals surface area contributed by atoms with Crippen molar-refractivity contribution < 1.29 is 14.3 Å². The van der Waals surface area contributed by atoms with Gasteiger partial charge >= 0.3 is 0 Å². The van der Waals surface area contributed by atoms with E-state index in [4.69, 9.17) is 9.47 Å². The number of para-hydroxylation sites is 1. The van der Waals surface area contributed by atoms with Gasteiger partial charge in [0.15, 0.2) is 11.5 Å². The van der Waals surface area contributed by atoms with Gasteiger partial charge in [0, 0.05) is 11.6 Å². The second kappa shape index (κ2) is 5.51. The van der Waals surface area contributed by atoms with Gasteiger partial charge in [0.05, 0.1) is 16.6 Å². The van der Waals surface area contributed by atoms with Crippen LogP contribution < -0.4 is 14.8 Å². The third-order valence-corrected chi connectivity index (χ3v) is 4.89. The number of carbonyl (C=O) groups excluding carboxylic acids is 1. The first-order valence-corrected chi connectivity index (χ1v) is 8.47. The molecule has 1 aromatic heterocycles.